The molecular formula is C23H21N3O3. The van der Waals surface area contributed by atoms with Crippen LogP contribution in [0.4, 0.5) is 0 Å². The van der Waals surface area contributed by atoms with Crippen LogP contribution < -0.4 is 16.0 Å². The topological polar surface area (TPSA) is 66.1 Å². The Kier molecular flexibility index (Phi) is 4.99. The van der Waals surface area contributed by atoms with Gasteiger partial charge in [0.15, 0.2) is 0 Å². The fourth-order valence-electron chi connectivity index (χ4n) is 3.36. The van der Waals surface area contributed by atoms with Crippen LogP contribution in [0, 0.1) is 6.92 Å². The van der Waals surface area contributed by atoms with Gasteiger partial charge in [-0.1, -0.05) is 42.0 Å². The van der Waals surface area contributed by atoms with E-state index in [1.54, 1.807) is 30.0 Å². The van der Waals surface area contributed by atoms with E-state index in [-0.39, 0.29) is 24.3 Å². The fraction of sp³-hybridized carbons (Fsp3) is 0.174. The summed E-state index contributed by atoms with van der Waals surface area (Å²) in [5.74, 6) is 0.709. The molecule has 0 saturated carbocycles. The molecule has 0 spiro atoms. The zero-order valence-electron chi connectivity index (χ0n) is 16.3. The van der Waals surface area contributed by atoms with Crippen molar-refractivity contribution in [3.8, 4) is 5.75 Å². The molecule has 2 heterocycles. The Morgan fingerprint density at radius 3 is 2.41 bits per heavy atom. The van der Waals surface area contributed by atoms with Gasteiger partial charge in [-0.3, -0.25) is 13.9 Å². The predicted molar refractivity (Wildman–Crippen MR) is 113 cm³/mol. The molecule has 4 rings (SSSR count). The van der Waals surface area contributed by atoms with E-state index in [2.05, 4.69) is 4.98 Å². The number of hydrogen-bond acceptors (Lipinski definition) is 4. The van der Waals surface area contributed by atoms with Gasteiger partial charge in [0.1, 0.15) is 11.4 Å². The van der Waals surface area contributed by atoms with E-state index in [4.69, 9.17) is 4.74 Å². The van der Waals surface area contributed by atoms with Crippen molar-refractivity contribution in [3.63, 3.8) is 0 Å². The first-order valence-corrected chi connectivity index (χ1v) is 9.33. The Morgan fingerprint density at radius 2 is 1.66 bits per heavy atom. The normalized spacial score (nSPS) is 11.0. The van der Waals surface area contributed by atoms with Crippen molar-refractivity contribution < 1.29 is 4.74 Å². The van der Waals surface area contributed by atoms with Crippen molar-refractivity contribution in [1.82, 2.24) is 14.1 Å². The molecule has 0 aliphatic rings. The summed E-state index contributed by atoms with van der Waals surface area (Å²) in [7, 11) is 1.60. The minimum Gasteiger partial charge on any atom is -0.497 e. The largest absolute Gasteiger partial charge is 0.497 e. The van der Waals surface area contributed by atoms with Crippen molar-refractivity contribution in [1.29, 1.82) is 0 Å². The highest BCUT2D eigenvalue weighted by molar-refractivity contribution is 5.73. The average Bonchev–Trinajstić information content (AvgIpc) is 2.75. The number of benzene rings is 2. The van der Waals surface area contributed by atoms with E-state index in [1.807, 2.05) is 55.5 Å². The number of nitrogens with zero attached hydrogens (tertiary/aromatic N) is 3. The number of rotatable bonds is 5. The molecule has 0 radical (unpaired) electrons. The third kappa shape index (κ3) is 3.69. The van der Waals surface area contributed by atoms with Gasteiger partial charge >= 0.3 is 5.69 Å². The number of fused-ring (bicyclic) bond motifs is 1. The molecule has 6 nitrogen and oxygen atoms in total. The molecule has 0 fully saturated rings. The van der Waals surface area contributed by atoms with E-state index in [9.17, 15) is 9.59 Å². The second kappa shape index (κ2) is 7.75. The molecule has 0 bridgehead atoms. The Balaban J connectivity index is 1.87. The average molecular weight is 387 g/mol. The lowest BCUT2D eigenvalue weighted by Crippen LogP contribution is -2.40. The number of ether oxygens (including phenoxy) is 1. The third-order valence-corrected chi connectivity index (χ3v) is 4.92. The van der Waals surface area contributed by atoms with E-state index >= 15 is 0 Å². The van der Waals surface area contributed by atoms with Gasteiger partial charge in [0.25, 0.3) is 5.56 Å². The Hall–Kier alpha value is -3.67. The number of aromatic nitrogens is 3. The van der Waals surface area contributed by atoms with Gasteiger partial charge in [0, 0.05) is 6.20 Å². The van der Waals surface area contributed by atoms with Crippen molar-refractivity contribution in [3.05, 3.63) is 104 Å². The Bertz CT molecular complexity index is 1290. The van der Waals surface area contributed by atoms with Gasteiger partial charge in [-0.25, -0.2) is 9.78 Å². The monoisotopic (exact) mass is 387 g/mol. The molecule has 0 unspecified atom stereocenters. The number of aryl methyl sites for hydroxylation is 1. The first kappa shape index (κ1) is 18.7. The molecule has 0 N–H and O–H groups in total. The SMILES string of the molecule is COc1cccc(Cn2c(=O)n(Cc3ccc(C)cc3)c(=O)c3cccnc32)c1. The molecule has 2 aromatic carbocycles. The standard InChI is InChI=1S/C23H21N3O3/c1-16-8-10-17(11-9-16)14-26-22(27)20-7-4-12-24-21(20)25(23(26)28)15-18-5-3-6-19(13-18)29-2/h3-13H,14-15H2,1-2H3. The van der Waals surface area contributed by atoms with Gasteiger partial charge in [0.2, 0.25) is 0 Å². The van der Waals surface area contributed by atoms with Gasteiger partial charge in [-0.15, -0.1) is 0 Å². The smallest absolute Gasteiger partial charge is 0.333 e. The van der Waals surface area contributed by atoms with E-state index in [0.717, 1.165) is 16.7 Å². The van der Waals surface area contributed by atoms with Crippen LogP contribution in [0.25, 0.3) is 11.0 Å². The Morgan fingerprint density at radius 1 is 0.897 bits per heavy atom. The minimum atomic E-state index is -0.385. The number of hydrogen-bond donors (Lipinski definition) is 0. The molecule has 6 heteroatoms. The summed E-state index contributed by atoms with van der Waals surface area (Å²) in [4.78, 5) is 30.6. The Labute approximate surface area is 167 Å². The molecule has 0 amide bonds. The van der Waals surface area contributed by atoms with Crippen LogP contribution in [0.15, 0.2) is 76.4 Å². The first-order valence-electron chi connectivity index (χ1n) is 9.33. The van der Waals surface area contributed by atoms with E-state index in [1.165, 1.54) is 4.57 Å². The van der Waals surface area contributed by atoms with Crippen LogP contribution in [-0.4, -0.2) is 21.2 Å². The van der Waals surface area contributed by atoms with E-state index in [0.29, 0.717) is 16.8 Å². The van der Waals surface area contributed by atoms with E-state index < -0.39 is 0 Å². The zero-order valence-corrected chi connectivity index (χ0v) is 16.3. The summed E-state index contributed by atoms with van der Waals surface area (Å²) >= 11 is 0. The first-order chi connectivity index (χ1) is 14.1. The highest BCUT2D eigenvalue weighted by Gasteiger charge is 2.15. The molecule has 0 aliphatic heterocycles. The maximum absolute atomic E-state index is 13.3. The van der Waals surface area contributed by atoms with Gasteiger partial charge < -0.3 is 4.74 Å². The van der Waals surface area contributed by atoms with Crippen LogP contribution in [-0.2, 0) is 13.1 Å². The summed E-state index contributed by atoms with van der Waals surface area (Å²) in [6, 6.07) is 18.7. The van der Waals surface area contributed by atoms with Crippen LogP contribution in [0.3, 0.4) is 0 Å². The molecule has 4 aromatic rings. The number of pyridine rings is 1. The van der Waals surface area contributed by atoms with Crippen molar-refractivity contribution in [2.24, 2.45) is 0 Å². The van der Waals surface area contributed by atoms with Crippen molar-refractivity contribution in [2.75, 3.05) is 7.11 Å². The summed E-state index contributed by atoms with van der Waals surface area (Å²) in [6.45, 7) is 2.50. The summed E-state index contributed by atoms with van der Waals surface area (Å²) in [5.41, 5.74) is 2.57. The molecule has 146 valence electrons. The van der Waals surface area contributed by atoms with Crippen LogP contribution in [0.1, 0.15) is 16.7 Å². The van der Waals surface area contributed by atoms with Crippen molar-refractivity contribution >= 4 is 11.0 Å². The maximum Gasteiger partial charge on any atom is 0.333 e. The predicted octanol–water partition coefficient (Wildman–Crippen LogP) is 2.97. The third-order valence-electron chi connectivity index (χ3n) is 4.92. The minimum absolute atomic E-state index is 0.209. The highest BCUT2D eigenvalue weighted by Crippen LogP contribution is 2.15. The van der Waals surface area contributed by atoms with Crippen LogP contribution in [0.2, 0.25) is 0 Å². The van der Waals surface area contributed by atoms with Crippen LogP contribution in [0.5, 0.6) is 5.75 Å². The molecular weight excluding hydrogens is 366 g/mol. The lowest BCUT2D eigenvalue weighted by atomic mass is 10.1. The molecule has 0 aliphatic carbocycles. The molecule has 0 saturated heterocycles. The fourth-order valence-corrected chi connectivity index (χ4v) is 3.36. The molecule has 0 atom stereocenters. The van der Waals surface area contributed by atoms with Crippen molar-refractivity contribution in [2.45, 2.75) is 20.0 Å². The second-order valence-electron chi connectivity index (χ2n) is 6.97. The second-order valence-corrected chi connectivity index (χ2v) is 6.97. The maximum atomic E-state index is 13.3. The summed E-state index contributed by atoms with van der Waals surface area (Å²) in [5, 5.41) is 0.419. The summed E-state index contributed by atoms with van der Waals surface area (Å²) in [6.07, 6.45) is 1.59. The molecule has 2 aromatic heterocycles. The lowest BCUT2D eigenvalue weighted by Gasteiger charge is -2.14. The van der Waals surface area contributed by atoms with Crippen LogP contribution >= 0.6 is 0 Å². The quantitative estimate of drug-likeness (QED) is 0.528. The highest BCUT2D eigenvalue weighted by atomic mass is 16.5. The van der Waals surface area contributed by atoms with Gasteiger partial charge in [-0.05, 0) is 42.3 Å². The zero-order chi connectivity index (χ0) is 20.4. The lowest BCUT2D eigenvalue weighted by molar-refractivity contribution is 0.414. The molecule has 29 heavy (non-hydrogen) atoms. The van der Waals surface area contributed by atoms with Gasteiger partial charge in [0.05, 0.1) is 25.6 Å². The van der Waals surface area contributed by atoms with Gasteiger partial charge in [-0.2, -0.15) is 0 Å². The number of methoxy groups -OCH3 is 1. The summed E-state index contributed by atoms with van der Waals surface area (Å²) < 4.78 is 8.10.